The van der Waals surface area contributed by atoms with E-state index in [0.29, 0.717) is 42.4 Å². The van der Waals surface area contributed by atoms with Crippen molar-refractivity contribution in [3.63, 3.8) is 0 Å². The van der Waals surface area contributed by atoms with E-state index < -0.39 is 20.0 Å². The van der Waals surface area contributed by atoms with Crippen molar-refractivity contribution in [1.82, 2.24) is 0 Å². The lowest BCUT2D eigenvalue weighted by Gasteiger charge is -2.21. The van der Waals surface area contributed by atoms with Crippen LogP contribution in [0.3, 0.4) is 0 Å². The predicted molar refractivity (Wildman–Crippen MR) is 105 cm³/mol. The normalized spacial score (nSPS) is 14.0. The van der Waals surface area contributed by atoms with E-state index in [1.807, 2.05) is 6.92 Å². The molecule has 152 valence electrons. The maximum absolute atomic E-state index is 13.2. The van der Waals surface area contributed by atoms with Gasteiger partial charge in [-0.3, -0.25) is 4.31 Å². The number of anilines is 1. The smallest absolute Gasteiger partial charge is 0.264 e. The molecule has 0 bridgehead atoms. The molecule has 1 aliphatic rings. The van der Waals surface area contributed by atoms with E-state index >= 15 is 0 Å². The molecular weight excluding hydrogens is 404 g/mol. The van der Waals surface area contributed by atoms with Crippen LogP contribution >= 0.6 is 0 Å². The Bertz CT molecular complexity index is 1100. The number of primary sulfonamides is 1. The van der Waals surface area contributed by atoms with E-state index in [4.69, 9.17) is 14.6 Å². The van der Waals surface area contributed by atoms with Gasteiger partial charge in [0.05, 0.1) is 28.7 Å². The number of hydrogen-bond donors (Lipinski definition) is 1. The van der Waals surface area contributed by atoms with Gasteiger partial charge in [0.15, 0.2) is 11.5 Å². The summed E-state index contributed by atoms with van der Waals surface area (Å²) >= 11 is 0. The Morgan fingerprint density at radius 2 is 1.57 bits per heavy atom. The molecule has 0 atom stereocenters. The van der Waals surface area contributed by atoms with Gasteiger partial charge in [0, 0.05) is 12.6 Å². The molecule has 28 heavy (non-hydrogen) atoms. The summed E-state index contributed by atoms with van der Waals surface area (Å²) in [5.41, 5.74) is 1.06. The van der Waals surface area contributed by atoms with Gasteiger partial charge in [-0.25, -0.2) is 22.0 Å². The molecule has 0 unspecified atom stereocenters. The molecule has 0 saturated heterocycles. The van der Waals surface area contributed by atoms with Crippen LogP contribution in [0.1, 0.15) is 19.4 Å². The molecule has 2 aromatic rings. The van der Waals surface area contributed by atoms with Crippen LogP contribution in [-0.4, -0.2) is 36.6 Å². The first-order valence-corrected chi connectivity index (χ1v) is 11.7. The predicted octanol–water partition coefficient (Wildman–Crippen LogP) is 1.88. The Morgan fingerprint density at radius 1 is 0.929 bits per heavy atom. The van der Waals surface area contributed by atoms with Crippen LogP contribution in [0.15, 0.2) is 46.2 Å². The van der Waals surface area contributed by atoms with Gasteiger partial charge in [-0.1, -0.05) is 0 Å². The molecule has 2 N–H and O–H groups in total. The van der Waals surface area contributed by atoms with Gasteiger partial charge in [0.2, 0.25) is 10.0 Å². The second-order valence-corrected chi connectivity index (χ2v) is 9.56. The van der Waals surface area contributed by atoms with Crippen molar-refractivity contribution in [2.45, 2.75) is 30.1 Å². The van der Waals surface area contributed by atoms with Crippen molar-refractivity contribution in [2.24, 2.45) is 5.14 Å². The van der Waals surface area contributed by atoms with Gasteiger partial charge in [0.25, 0.3) is 10.0 Å². The summed E-state index contributed by atoms with van der Waals surface area (Å²) in [5.74, 6) is 0.831. The van der Waals surface area contributed by atoms with Gasteiger partial charge in [-0.15, -0.1) is 0 Å². The zero-order chi connectivity index (χ0) is 20.5. The molecule has 1 aliphatic heterocycles. The van der Waals surface area contributed by atoms with Crippen molar-refractivity contribution in [1.29, 1.82) is 0 Å². The molecule has 0 saturated carbocycles. The number of sulfonamides is 2. The average molecular weight is 427 g/mol. The topological polar surface area (TPSA) is 116 Å². The molecule has 0 amide bonds. The maximum atomic E-state index is 13.2. The second-order valence-electron chi connectivity index (χ2n) is 6.14. The van der Waals surface area contributed by atoms with E-state index in [9.17, 15) is 16.8 Å². The van der Waals surface area contributed by atoms with Gasteiger partial charge in [-0.2, -0.15) is 0 Å². The van der Waals surface area contributed by atoms with E-state index in [2.05, 4.69) is 0 Å². The van der Waals surface area contributed by atoms with E-state index in [0.717, 1.165) is 0 Å². The molecule has 0 aliphatic carbocycles. The summed E-state index contributed by atoms with van der Waals surface area (Å²) in [6, 6.07) is 8.69. The van der Waals surface area contributed by atoms with Crippen LogP contribution in [0, 0.1) is 0 Å². The molecule has 0 spiro atoms. The third kappa shape index (κ3) is 3.80. The highest BCUT2D eigenvalue weighted by atomic mass is 32.2. The summed E-state index contributed by atoms with van der Waals surface area (Å²) in [6.45, 7) is 4.64. The van der Waals surface area contributed by atoms with Crippen LogP contribution in [0.25, 0.3) is 0 Å². The lowest BCUT2D eigenvalue weighted by molar-refractivity contribution is 0.287. The quantitative estimate of drug-likeness (QED) is 0.723. The minimum absolute atomic E-state index is 0.0369. The van der Waals surface area contributed by atoms with Crippen molar-refractivity contribution in [3.05, 3.63) is 42.0 Å². The zero-order valence-electron chi connectivity index (χ0n) is 15.6. The molecular formula is C18H22N2O6S2. The third-order valence-electron chi connectivity index (χ3n) is 4.34. The number of benzene rings is 2. The molecule has 8 nitrogen and oxygen atoms in total. The number of fused-ring (bicyclic) bond motifs is 1. The van der Waals surface area contributed by atoms with Gasteiger partial charge in [0.1, 0.15) is 0 Å². The SMILES string of the molecule is CCOc1ccc(S(=O)(=O)N2CCc3cc(S(N)(=O)=O)ccc32)cc1OCC. The zero-order valence-corrected chi connectivity index (χ0v) is 17.2. The Hall–Kier alpha value is -2.30. The maximum Gasteiger partial charge on any atom is 0.264 e. The molecule has 0 fully saturated rings. The van der Waals surface area contributed by atoms with E-state index in [1.54, 1.807) is 13.0 Å². The number of ether oxygens (including phenoxy) is 2. The van der Waals surface area contributed by atoms with Gasteiger partial charge >= 0.3 is 0 Å². The van der Waals surface area contributed by atoms with Crippen molar-refractivity contribution >= 4 is 25.7 Å². The highest BCUT2D eigenvalue weighted by molar-refractivity contribution is 7.92. The van der Waals surface area contributed by atoms with Crippen LogP contribution in [-0.2, 0) is 26.5 Å². The fourth-order valence-electron chi connectivity index (χ4n) is 3.09. The molecule has 0 aromatic heterocycles. The van der Waals surface area contributed by atoms with E-state index in [1.165, 1.54) is 34.6 Å². The summed E-state index contributed by atoms with van der Waals surface area (Å²) < 4.78 is 61.7. The minimum atomic E-state index is -3.86. The summed E-state index contributed by atoms with van der Waals surface area (Å²) in [4.78, 5) is 0.0352. The second kappa shape index (κ2) is 7.61. The Labute approximate surface area is 165 Å². The van der Waals surface area contributed by atoms with Gasteiger partial charge in [-0.05, 0) is 56.2 Å². The van der Waals surface area contributed by atoms with Crippen LogP contribution in [0.5, 0.6) is 11.5 Å². The third-order valence-corrected chi connectivity index (χ3v) is 7.06. The number of nitrogens with zero attached hydrogens (tertiary/aromatic N) is 1. The Morgan fingerprint density at radius 3 is 2.21 bits per heavy atom. The Balaban J connectivity index is 2.01. The summed E-state index contributed by atoms with van der Waals surface area (Å²) in [7, 11) is -7.71. The lowest BCUT2D eigenvalue weighted by Crippen LogP contribution is -2.29. The molecule has 1 heterocycles. The number of nitrogens with two attached hydrogens (primary N) is 1. The van der Waals surface area contributed by atoms with E-state index in [-0.39, 0.29) is 16.3 Å². The first-order valence-electron chi connectivity index (χ1n) is 8.76. The molecule has 3 rings (SSSR count). The molecule has 10 heteroatoms. The average Bonchev–Trinajstić information content (AvgIpc) is 3.06. The standard InChI is InChI=1S/C18H22N2O6S2/c1-3-25-17-8-6-15(12-18(17)26-4-2)28(23,24)20-10-9-13-11-14(27(19,21)22)5-7-16(13)20/h5-8,11-12H,3-4,9-10H2,1-2H3,(H2,19,21,22). The summed E-state index contributed by atoms with van der Waals surface area (Å²) in [5, 5.41) is 5.16. The monoisotopic (exact) mass is 426 g/mol. The minimum Gasteiger partial charge on any atom is -0.490 e. The lowest BCUT2D eigenvalue weighted by atomic mass is 10.2. The molecule has 0 radical (unpaired) electrons. The fraction of sp³-hybridized carbons (Fsp3) is 0.333. The van der Waals surface area contributed by atoms with Crippen LogP contribution in [0.4, 0.5) is 5.69 Å². The van der Waals surface area contributed by atoms with Crippen molar-refractivity contribution in [2.75, 3.05) is 24.1 Å². The van der Waals surface area contributed by atoms with Crippen LogP contribution in [0.2, 0.25) is 0 Å². The first-order chi connectivity index (χ1) is 13.2. The first kappa shape index (κ1) is 20.4. The fourth-order valence-corrected chi connectivity index (χ4v) is 5.18. The highest BCUT2D eigenvalue weighted by Gasteiger charge is 2.32. The van der Waals surface area contributed by atoms with Crippen LogP contribution < -0.4 is 18.9 Å². The molecule has 2 aromatic carbocycles. The van der Waals surface area contributed by atoms with Crippen molar-refractivity contribution < 1.29 is 26.3 Å². The van der Waals surface area contributed by atoms with Crippen molar-refractivity contribution in [3.8, 4) is 11.5 Å². The largest absolute Gasteiger partial charge is 0.490 e. The number of hydrogen-bond acceptors (Lipinski definition) is 6. The summed E-state index contributed by atoms with van der Waals surface area (Å²) in [6.07, 6.45) is 0.396. The number of rotatable bonds is 7. The van der Waals surface area contributed by atoms with Gasteiger partial charge < -0.3 is 9.47 Å². The highest BCUT2D eigenvalue weighted by Crippen LogP contribution is 2.37. The Kier molecular flexibility index (Phi) is 5.55.